The van der Waals surface area contributed by atoms with Crippen molar-refractivity contribution < 1.29 is 9.53 Å². The Hall–Kier alpha value is -2.23. The number of aromatic nitrogens is 2. The fraction of sp³-hybridized carbons (Fsp3) is 0.0833. The molecule has 1 aromatic heterocycles. The maximum Gasteiger partial charge on any atom is 0.343 e. The lowest BCUT2D eigenvalue weighted by molar-refractivity contribution is 0.210. The summed E-state index contributed by atoms with van der Waals surface area (Å²) in [6.07, 6.45) is 3.12. The van der Waals surface area contributed by atoms with Crippen LogP contribution in [-0.2, 0) is 6.61 Å². The molecule has 6 N–H and O–H groups in total. The Labute approximate surface area is 130 Å². The minimum Gasteiger partial charge on any atom is -0.472 e. The number of rotatable bonds is 3. The highest BCUT2D eigenvalue weighted by Gasteiger charge is 2.01. The normalized spacial score (nSPS) is 9.29. The highest BCUT2D eigenvalue weighted by atomic mass is 79.9. The number of halogens is 1. The molecule has 0 radical (unpaired) electrons. The van der Waals surface area contributed by atoms with E-state index in [0.717, 1.165) is 10.0 Å². The van der Waals surface area contributed by atoms with Gasteiger partial charge in [0.05, 0.1) is 4.47 Å². The number of urea groups is 1. The molecule has 9 heteroatoms. The van der Waals surface area contributed by atoms with Gasteiger partial charge >= 0.3 is 6.03 Å². The first-order chi connectivity index (χ1) is 10.0. The molecular weight excluding hydrogens is 340 g/mol. The Morgan fingerprint density at radius 3 is 2.43 bits per heavy atom. The summed E-state index contributed by atoms with van der Waals surface area (Å²) in [6, 6.07) is 9.10. The Morgan fingerprint density at radius 1 is 1.29 bits per heavy atom. The first kappa shape index (κ1) is 16.8. The number of primary amides is 1. The van der Waals surface area contributed by atoms with E-state index in [9.17, 15) is 4.79 Å². The average Bonchev–Trinajstić information content (AvgIpc) is 2.48. The van der Waals surface area contributed by atoms with Crippen LogP contribution in [-0.4, -0.2) is 21.1 Å². The molecule has 0 unspecified atom stereocenters. The molecular formula is C12H15BrN6O2. The molecule has 0 fully saturated rings. The molecule has 2 amide bonds. The summed E-state index contributed by atoms with van der Waals surface area (Å²) in [4.78, 5) is 17.5. The number of hydrogen-bond donors (Lipinski definition) is 3. The number of nitrogens with zero attached hydrogens (tertiary/aromatic N) is 3. The van der Waals surface area contributed by atoms with E-state index in [1.807, 2.05) is 30.3 Å². The van der Waals surface area contributed by atoms with Gasteiger partial charge in [-0.1, -0.05) is 30.3 Å². The SMILES string of the molecule is Brc1cncnc1OCc1ccccc1.NC(=O)N(N)N. The number of carbonyl (C=O) groups is 1. The third kappa shape index (κ3) is 6.65. The van der Waals surface area contributed by atoms with Gasteiger partial charge in [-0.25, -0.2) is 26.4 Å². The van der Waals surface area contributed by atoms with E-state index in [1.54, 1.807) is 6.20 Å². The predicted octanol–water partition coefficient (Wildman–Crippen LogP) is 0.933. The molecule has 0 aliphatic heterocycles. The monoisotopic (exact) mass is 354 g/mol. The van der Waals surface area contributed by atoms with Gasteiger partial charge < -0.3 is 10.5 Å². The van der Waals surface area contributed by atoms with Gasteiger partial charge in [-0.05, 0) is 21.5 Å². The van der Waals surface area contributed by atoms with E-state index in [0.29, 0.717) is 17.6 Å². The average molecular weight is 355 g/mol. The molecule has 8 nitrogen and oxygen atoms in total. The van der Waals surface area contributed by atoms with Crippen LogP contribution in [0.25, 0.3) is 0 Å². The molecule has 2 aromatic rings. The van der Waals surface area contributed by atoms with Crippen LogP contribution in [0.4, 0.5) is 4.79 Å². The molecule has 0 bridgehead atoms. The fourth-order valence-corrected chi connectivity index (χ4v) is 1.47. The van der Waals surface area contributed by atoms with Gasteiger partial charge in [0.25, 0.3) is 0 Å². The summed E-state index contributed by atoms with van der Waals surface area (Å²) in [5, 5.41) is 0.306. The van der Waals surface area contributed by atoms with Crippen molar-refractivity contribution in [2.45, 2.75) is 6.61 Å². The van der Waals surface area contributed by atoms with Crippen molar-refractivity contribution in [3.63, 3.8) is 0 Å². The van der Waals surface area contributed by atoms with Crippen molar-refractivity contribution in [2.75, 3.05) is 0 Å². The van der Waals surface area contributed by atoms with E-state index in [-0.39, 0.29) is 0 Å². The van der Waals surface area contributed by atoms with Crippen molar-refractivity contribution in [1.82, 2.24) is 15.1 Å². The van der Waals surface area contributed by atoms with Gasteiger partial charge in [-0.3, -0.25) is 0 Å². The third-order valence-electron chi connectivity index (χ3n) is 2.11. The van der Waals surface area contributed by atoms with E-state index < -0.39 is 6.03 Å². The molecule has 0 aliphatic rings. The zero-order valence-electron chi connectivity index (χ0n) is 11.0. The Morgan fingerprint density at radius 2 is 1.90 bits per heavy atom. The minimum absolute atomic E-state index is 0.306. The van der Waals surface area contributed by atoms with Crippen molar-refractivity contribution in [3.8, 4) is 5.88 Å². The van der Waals surface area contributed by atoms with Gasteiger partial charge in [0, 0.05) is 6.20 Å². The standard InChI is InChI=1S/C11H9BrN2O.CH6N4O/c12-10-6-13-8-14-11(10)15-7-9-4-2-1-3-5-9;2-1(6)5(3)4/h1-6,8H,7H2;3-4H2,(H2,2,6). The number of benzene rings is 1. The van der Waals surface area contributed by atoms with Crippen LogP contribution < -0.4 is 22.2 Å². The highest BCUT2D eigenvalue weighted by molar-refractivity contribution is 9.10. The van der Waals surface area contributed by atoms with Gasteiger partial charge in [-0.15, -0.1) is 0 Å². The zero-order valence-corrected chi connectivity index (χ0v) is 12.6. The first-order valence-corrected chi connectivity index (χ1v) is 6.51. The maximum absolute atomic E-state index is 9.60. The van der Waals surface area contributed by atoms with Crippen molar-refractivity contribution >= 4 is 22.0 Å². The van der Waals surface area contributed by atoms with E-state index in [1.165, 1.54) is 6.33 Å². The Balaban J connectivity index is 0.000000315. The van der Waals surface area contributed by atoms with Gasteiger partial charge in [0.2, 0.25) is 5.88 Å². The molecule has 0 saturated heterocycles. The lowest BCUT2D eigenvalue weighted by Gasteiger charge is -2.05. The summed E-state index contributed by atoms with van der Waals surface area (Å²) in [5.74, 6) is 9.71. The second-order valence-corrected chi connectivity index (χ2v) is 4.55. The lowest BCUT2D eigenvalue weighted by atomic mass is 10.2. The third-order valence-corrected chi connectivity index (χ3v) is 2.65. The van der Waals surface area contributed by atoms with Crippen LogP contribution >= 0.6 is 15.9 Å². The van der Waals surface area contributed by atoms with Crippen LogP contribution in [0.2, 0.25) is 0 Å². The highest BCUT2D eigenvalue weighted by Crippen LogP contribution is 2.20. The van der Waals surface area contributed by atoms with E-state index in [2.05, 4.69) is 43.3 Å². The molecule has 0 saturated carbocycles. The van der Waals surface area contributed by atoms with Crippen LogP contribution in [0.1, 0.15) is 5.56 Å². The molecule has 112 valence electrons. The van der Waals surface area contributed by atoms with Crippen molar-refractivity contribution in [2.24, 2.45) is 17.4 Å². The zero-order chi connectivity index (χ0) is 15.7. The lowest BCUT2D eigenvalue weighted by Crippen LogP contribution is -2.46. The first-order valence-electron chi connectivity index (χ1n) is 5.72. The molecule has 0 atom stereocenters. The number of hydrogen-bond acceptors (Lipinski definition) is 6. The maximum atomic E-state index is 9.60. The number of carbonyl (C=O) groups excluding carboxylic acids is 1. The molecule has 0 aliphatic carbocycles. The topological polar surface area (TPSA) is 133 Å². The summed E-state index contributed by atoms with van der Waals surface area (Å²) < 4.78 is 6.29. The Kier molecular flexibility index (Phi) is 7.09. The number of ether oxygens (including phenoxy) is 1. The molecule has 1 heterocycles. The Bertz CT molecular complexity index is 567. The smallest absolute Gasteiger partial charge is 0.343 e. The van der Waals surface area contributed by atoms with E-state index in [4.69, 9.17) is 4.74 Å². The van der Waals surface area contributed by atoms with Crippen LogP contribution in [0.15, 0.2) is 47.3 Å². The number of hydrazine groups is 2. The van der Waals surface area contributed by atoms with E-state index >= 15 is 0 Å². The van der Waals surface area contributed by atoms with Crippen molar-refractivity contribution in [1.29, 1.82) is 0 Å². The number of amides is 2. The van der Waals surface area contributed by atoms with Crippen LogP contribution in [0.3, 0.4) is 0 Å². The van der Waals surface area contributed by atoms with Crippen LogP contribution in [0.5, 0.6) is 5.88 Å². The van der Waals surface area contributed by atoms with Gasteiger partial charge in [0.1, 0.15) is 12.9 Å². The van der Waals surface area contributed by atoms with Gasteiger partial charge in [-0.2, -0.15) is 5.12 Å². The quantitative estimate of drug-likeness (QED) is 0.426. The summed E-state index contributed by atoms with van der Waals surface area (Å²) in [7, 11) is 0. The largest absolute Gasteiger partial charge is 0.472 e. The minimum atomic E-state index is -0.852. The van der Waals surface area contributed by atoms with Crippen molar-refractivity contribution in [3.05, 3.63) is 52.9 Å². The second kappa shape index (κ2) is 8.84. The molecule has 21 heavy (non-hydrogen) atoms. The number of nitrogens with two attached hydrogens (primary N) is 3. The molecule has 2 rings (SSSR count). The summed E-state index contributed by atoms with van der Waals surface area (Å²) >= 11 is 3.32. The predicted molar refractivity (Wildman–Crippen MR) is 80.3 cm³/mol. The summed E-state index contributed by atoms with van der Waals surface area (Å²) in [5.41, 5.74) is 5.59. The fourth-order valence-electron chi connectivity index (χ4n) is 1.13. The molecule has 0 spiro atoms. The van der Waals surface area contributed by atoms with Gasteiger partial charge in [0.15, 0.2) is 0 Å². The summed E-state index contributed by atoms with van der Waals surface area (Å²) in [6.45, 7) is 0.510. The molecule has 1 aromatic carbocycles. The van der Waals surface area contributed by atoms with Crippen LogP contribution in [0, 0.1) is 0 Å². The second-order valence-electron chi connectivity index (χ2n) is 3.70.